The third-order valence-corrected chi connectivity index (χ3v) is 6.46. The second-order valence-electron chi connectivity index (χ2n) is 8.57. The molecule has 7 nitrogen and oxygen atoms in total. The van der Waals surface area contributed by atoms with Crippen LogP contribution in [-0.2, 0) is 0 Å². The number of carbonyl (C=O) groups excluding carboxylic acids is 1. The minimum Gasteiger partial charge on any atom is -0.506 e. The van der Waals surface area contributed by atoms with Crippen molar-refractivity contribution in [1.82, 2.24) is 9.13 Å². The third kappa shape index (κ3) is 4.78. The Bertz CT molecular complexity index is 1920. The van der Waals surface area contributed by atoms with Gasteiger partial charge >= 0.3 is 6.18 Å². The van der Waals surface area contributed by atoms with E-state index in [1.54, 1.807) is 54.6 Å². The van der Waals surface area contributed by atoms with Crippen LogP contribution in [0.5, 0.6) is 5.75 Å². The van der Waals surface area contributed by atoms with E-state index in [4.69, 9.17) is 0 Å². The summed E-state index contributed by atoms with van der Waals surface area (Å²) in [7, 11) is 0. The summed E-state index contributed by atoms with van der Waals surface area (Å²) in [5.74, 6) is -3.39. The third-order valence-electron chi connectivity index (χ3n) is 6.46. The maximum Gasteiger partial charge on any atom is 0.455 e. The summed E-state index contributed by atoms with van der Waals surface area (Å²) in [5.41, 5.74) is 0.0273. The number of fused-ring (bicyclic) bond motifs is 5. The number of carbonyl (C=O) groups is 1. The van der Waals surface area contributed by atoms with Crippen LogP contribution in [0.15, 0.2) is 102 Å². The Morgan fingerprint density at radius 3 is 1.68 bits per heavy atom. The fourth-order valence-corrected chi connectivity index (χ4v) is 4.96. The van der Waals surface area contributed by atoms with Crippen LogP contribution in [-0.4, -0.2) is 37.2 Å². The maximum absolute atomic E-state index is 13.6. The summed E-state index contributed by atoms with van der Waals surface area (Å²) >= 11 is 0. The first kappa shape index (κ1) is 31.2. The van der Waals surface area contributed by atoms with Gasteiger partial charge in [0.1, 0.15) is 11.3 Å². The van der Waals surface area contributed by atoms with Crippen LogP contribution in [0.25, 0.3) is 44.1 Å². The number of Topliss-reactive ketones (excluding diaryl/α,β-unsaturated/α-hetero) is 1. The molecule has 0 spiro atoms. The van der Waals surface area contributed by atoms with Crippen molar-refractivity contribution in [3.05, 3.63) is 113 Å². The molecule has 6 aromatic rings. The molecule has 40 heavy (non-hydrogen) atoms. The molecule has 0 amide bonds. The number of rotatable bonds is 3. The minimum atomic E-state index is -5.36. The molecule has 0 aliphatic rings. The molecule has 0 saturated carbocycles. The summed E-state index contributed by atoms with van der Waals surface area (Å²) in [6.45, 7) is 0. The first-order valence-electron chi connectivity index (χ1n) is 11.3. The summed E-state index contributed by atoms with van der Waals surface area (Å²) in [5, 5.41) is 12.3. The van der Waals surface area contributed by atoms with E-state index in [0.29, 0.717) is 16.3 Å². The van der Waals surface area contributed by atoms with E-state index in [1.165, 1.54) is 0 Å². The number of hydrogen-bond acceptors (Lipinski definition) is 3. The quantitative estimate of drug-likeness (QED) is 0.267. The molecule has 0 aliphatic carbocycles. The average Bonchev–Trinajstić information content (AvgIpc) is 3.23. The van der Waals surface area contributed by atoms with Gasteiger partial charge in [-0.3, -0.25) is 14.2 Å². The van der Waals surface area contributed by atoms with E-state index in [9.17, 15) is 27.9 Å². The number of ketones is 1. The van der Waals surface area contributed by atoms with Gasteiger partial charge in [-0.25, -0.2) is 0 Å². The molecule has 2 heterocycles. The van der Waals surface area contributed by atoms with E-state index >= 15 is 0 Å². The molecule has 11 heteroatoms. The van der Waals surface area contributed by atoms with Crippen LogP contribution in [0.4, 0.5) is 13.2 Å². The molecular formula is C29H21EuF3N2O5. The van der Waals surface area contributed by atoms with Gasteiger partial charge in [0.05, 0.1) is 21.9 Å². The molecule has 0 unspecified atom stereocenters. The monoisotopic (exact) mass is 687 g/mol. The van der Waals surface area contributed by atoms with Gasteiger partial charge in [-0.05, 0) is 42.5 Å². The molecular weight excluding hydrogens is 665 g/mol. The van der Waals surface area contributed by atoms with Crippen molar-refractivity contribution in [2.24, 2.45) is 0 Å². The van der Waals surface area contributed by atoms with Crippen molar-refractivity contribution in [1.29, 1.82) is 0 Å². The molecule has 0 bridgehead atoms. The molecule has 2 aromatic heterocycles. The van der Waals surface area contributed by atoms with Crippen molar-refractivity contribution >= 4 is 38.5 Å². The zero-order valence-electron chi connectivity index (χ0n) is 20.4. The number of alkyl halides is 3. The Kier molecular flexibility index (Phi) is 9.07. The number of benzene rings is 4. The molecule has 0 fully saturated rings. The molecule has 4 aromatic carbocycles. The molecule has 0 aliphatic heterocycles. The molecule has 0 atom stereocenters. The fourth-order valence-electron chi connectivity index (χ4n) is 4.96. The summed E-state index contributed by atoms with van der Waals surface area (Å²) in [4.78, 5) is 25.9. The largest absolute Gasteiger partial charge is 0.506 e. The van der Waals surface area contributed by atoms with E-state index < -0.39 is 28.8 Å². The smallest absolute Gasteiger partial charge is 0.455 e. The Morgan fingerprint density at radius 2 is 1.12 bits per heavy atom. The number of halogens is 3. The van der Waals surface area contributed by atoms with Gasteiger partial charge in [0.15, 0.2) is 0 Å². The van der Waals surface area contributed by atoms with Gasteiger partial charge < -0.3 is 20.6 Å². The average molecular weight is 686 g/mol. The van der Waals surface area contributed by atoms with Crippen LogP contribution in [0.1, 0.15) is 10.4 Å². The molecule has 205 valence electrons. The van der Waals surface area contributed by atoms with E-state index in [1.807, 2.05) is 47.0 Å². The van der Waals surface area contributed by atoms with Crippen LogP contribution in [0.3, 0.4) is 0 Å². The minimum absolute atomic E-state index is 0. The zero-order chi connectivity index (χ0) is 25.9. The number of hydrogen-bond donors (Lipinski definition) is 1. The normalized spacial score (nSPS) is 11.1. The van der Waals surface area contributed by atoms with E-state index in [-0.39, 0.29) is 76.9 Å². The van der Waals surface area contributed by atoms with Crippen LogP contribution < -0.4 is 5.56 Å². The van der Waals surface area contributed by atoms with Gasteiger partial charge in [0, 0.05) is 71.5 Å². The number of pyridine rings is 1. The molecule has 5 N–H and O–H groups in total. The molecule has 0 saturated heterocycles. The Hall–Kier alpha value is -3.35. The van der Waals surface area contributed by atoms with Gasteiger partial charge in [-0.1, -0.05) is 54.6 Å². The van der Waals surface area contributed by atoms with E-state index in [0.717, 1.165) is 15.8 Å². The van der Waals surface area contributed by atoms with Crippen LogP contribution in [0.2, 0.25) is 0 Å². The summed E-state index contributed by atoms with van der Waals surface area (Å²) < 4.78 is 43.8. The van der Waals surface area contributed by atoms with Crippen molar-refractivity contribution in [3.8, 4) is 17.1 Å². The van der Waals surface area contributed by atoms with Gasteiger partial charge in [-0.2, -0.15) is 13.2 Å². The standard InChI is InChI=1S/C29H17F3N2O3.Eu.2H2O/c30-29(31,32)27(36)25-26(35)24-22(34(28(25)37)18-11-5-2-6-12-18)16-15-21-23(24)19-13-7-8-14-20(19)33(21)17-9-3-1-4-10-17;;;/h1-16,35H;;2*1H2. The first-order chi connectivity index (χ1) is 17.8. The van der Waals surface area contributed by atoms with Gasteiger partial charge in [0.2, 0.25) is 0 Å². The fraction of sp³-hybridized carbons (Fsp3) is 0.0345. The Morgan fingerprint density at radius 1 is 0.650 bits per heavy atom. The van der Waals surface area contributed by atoms with Gasteiger partial charge in [-0.15, -0.1) is 0 Å². The number of para-hydroxylation sites is 3. The second-order valence-corrected chi connectivity index (χ2v) is 8.57. The van der Waals surface area contributed by atoms with Crippen molar-refractivity contribution in [3.63, 3.8) is 0 Å². The predicted octanol–water partition coefficient (Wildman–Crippen LogP) is 4.89. The molecule has 6 rings (SSSR count). The number of aromatic hydroxyl groups is 1. The summed E-state index contributed by atoms with van der Waals surface area (Å²) in [6, 6.07) is 28.0. The Balaban J connectivity index is 0.00000147. The molecule has 1 radical (unpaired) electrons. The Labute approximate surface area is 265 Å². The van der Waals surface area contributed by atoms with Crippen molar-refractivity contribution < 1.29 is 83.4 Å². The summed E-state index contributed by atoms with van der Waals surface area (Å²) in [6.07, 6.45) is -5.36. The van der Waals surface area contributed by atoms with Crippen LogP contribution in [0, 0.1) is 49.4 Å². The number of aromatic nitrogens is 2. The van der Waals surface area contributed by atoms with Crippen molar-refractivity contribution in [2.45, 2.75) is 6.18 Å². The topological polar surface area (TPSA) is 127 Å². The first-order valence-corrected chi connectivity index (χ1v) is 11.3. The SMILES string of the molecule is O.O.O=C(c1c(O)c2c3c4ccccc4n(-c4ccccc4)c3ccc2n(-c2ccccc2)c1=O)C(F)(F)F.[Eu]. The predicted molar refractivity (Wildman–Crippen MR) is 143 cm³/mol. The number of nitrogens with zero attached hydrogens (tertiary/aromatic N) is 2. The second kappa shape index (κ2) is 11.6. The van der Waals surface area contributed by atoms with Crippen LogP contribution >= 0.6 is 0 Å². The zero-order valence-corrected chi connectivity index (χ0v) is 22.8. The van der Waals surface area contributed by atoms with Crippen molar-refractivity contribution in [2.75, 3.05) is 0 Å². The maximum atomic E-state index is 13.6. The van der Waals surface area contributed by atoms with E-state index in [2.05, 4.69) is 0 Å². The van der Waals surface area contributed by atoms with Gasteiger partial charge in [0.25, 0.3) is 11.3 Å².